The van der Waals surface area contributed by atoms with Gasteiger partial charge in [-0.3, -0.25) is 14.2 Å². The highest BCUT2D eigenvalue weighted by Gasteiger charge is 2.44. The van der Waals surface area contributed by atoms with Crippen molar-refractivity contribution in [2.24, 2.45) is 0 Å². The molecular weight excluding hydrogens is 377 g/mol. The average Bonchev–Trinajstić information content (AvgIpc) is 2.60. The van der Waals surface area contributed by atoms with E-state index in [1.165, 1.54) is 38.1 Å². The summed E-state index contributed by atoms with van der Waals surface area (Å²) in [7, 11) is -3.58. The lowest BCUT2D eigenvalue weighted by molar-refractivity contribution is 0.0941. The summed E-state index contributed by atoms with van der Waals surface area (Å²) in [5.41, 5.74) is -0.810. The van der Waals surface area contributed by atoms with Crippen molar-refractivity contribution in [1.82, 2.24) is 14.9 Å². The molecule has 0 atom stereocenters. The summed E-state index contributed by atoms with van der Waals surface area (Å²) < 4.78 is 37.2. The Morgan fingerprint density at radius 1 is 1.33 bits per heavy atom. The number of carbonyl (C=O) groups is 1. The number of fused-ring (bicyclic) bond motifs is 1. The summed E-state index contributed by atoms with van der Waals surface area (Å²) in [4.78, 5) is 28.8. The third-order valence-electron chi connectivity index (χ3n) is 4.63. The fraction of sp³-hybridized carbons (Fsp3) is 0.353. The highest BCUT2D eigenvalue weighted by atomic mass is 32.2. The largest absolute Gasteiger partial charge is 0.501 e. The van der Waals surface area contributed by atoms with Crippen LogP contribution in [0.15, 0.2) is 29.1 Å². The van der Waals surface area contributed by atoms with Gasteiger partial charge in [0.2, 0.25) is 5.75 Å². The van der Waals surface area contributed by atoms with E-state index in [0.717, 1.165) is 4.57 Å². The predicted molar refractivity (Wildman–Crippen MR) is 94.5 cm³/mol. The van der Waals surface area contributed by atoms with Gasteiger partial charge in [-0.05, 0) is 31.5 Å². The topological polar surface area (TPSA) is 118 Å². The molecule has 2 N–H and O–H groups in total. The summed E-state index contributed by atoms with van der Waals surface area (Å²) in [6.07, 6.45) is 0. The van der Waals surface area contributed by atoms with Gasteiger partial charge in [0.05, 0.1) is 5.75 Å². The number of nitrogens with one attached hydrogen (secondary N) is 1. The van der Waals surface area contributed by atoms with Gasteiger partial charge in [0.25, 0.3) is 11.5 Å². The fourth-order valence-corrected chi connectivity index (χ4v) is 4.21. The van der Waals surface area contributed by atoms with Crippen molar-refractivity contribution in [3.8, 4) is 5.75 Å². The molecule has 0 radical (unpaired) electrons. The molecule has 1 aromatic heterocycles. The SMILES string of the molecule is CC1(C)c2nc(C(=O)NCc3ccc(F)cc3)c(O)c(=O)n2CCS1(=O)=O. The van der Waals surface area contributed by atoms with Crippen molar-refractivity contribution in [3.05, 3.63) is 57.5 Å². The molecule has 10 heteroatoms. The van der Waals surface area contributed by atoms with Crippen molar-refractivity contribution < 1.29 is 22.7 Å². The molecule has 0 bridgehead atoms. The van der Waals surface area contributed by atoms with E-state index in [1.807, 2.05) is 0 Å². The van der Waals surface area contributed by atoms with Crippen LogP contribution in [0, 0.1) is 5.82 Å². The maximum atomic E-state index is 12.9. The first kappa shape index (κ1) is 19.0. The van der Waals surface area contributed by atoms with Crippen LogP contribution >= 0.6 is 0 Å². The van der Waals surface area contributed by atoms with E-state index in [-0.39, 0.29) is 24.7 Å². The lowest BCUT2D eigenvalue weighted by Crippen LogP contribution is -2.46. The Kier molecular flexibility index (Phi) is 4.54. The van der Waals surface area contributed by atoms with Gasteiger partial charge in [-0.1, -0.05) is 12.1 Å². The molecule has 0 saturated heterocycles. The number of amides is 1. The minimum absolute atomic E-state index is 0.0142. The molecule has 0 aliphatic carbocycles. The average molecular weight is 395 g/mol. The zero-order valence-electron chi connectivity index (χ0n) is 14.7. The molecule has 2 heterocycles. The molecule has 1 aromatic carbocycles. The lowest BCUT2D eigenvalue weighted by atomic mass is 10.1. The maximum absolute atomic E-state index is 12.9. The zero-order chi connectivity index (χ0) is 20.0. The standard InChI is InChI=1S/C17H18FN3O5S/c1-17(2)16-20-12(13(22)15(24)21(16)7-8-27(17,25)26)14(23)19-9-10-3-5-11(18)6-4-10/h3-6,22H,7-9H2,1-2H3,(H,19,23). The van der Waals surface area contributed by atoms with Crippen LogP contribution < -0.4 is 10.9 Å². The highest BCUT2D eigenvalue weighted by Crippen LogP contribution is 2.32. The first-order chi connectivity index (χ1) is 12.5. The Labute approximate surface area is 154 Å². The molecule has 27 heavy (non-hydrogen) atoms. The summed E-state index contributed by atoms with van der Waals surface area (Å²) >= 11 is 0. The number of halogens is 1. The van der Waals surface area contributed by atoms with Crippen molar-refractivity contribution in [2.45, 2.75) is 31.7 Å². The number of benzene rings is 1. The van der Waals surface area contributed by atoms with Gasteiger partial charge < -0.3 is 10.4 Å². The van der Waals surface area contributed by atoms with E-state index in [4.69, 9.17) is 0 Å². The first-order valence-electron chi connectivity index (χ1n) is 8.14. The highest BCUT2D eigenvalue weighted by molar-refractivity contribution is 7.92. The van der Waals surface area contributed by atoms with Crippen LogP contribution in [0.2, 0.25) is 0 Å². The van der Waals surface area contributed by atoms with Crippen molar-refractivity contribution >= 4 is 15.7 Å². The second-order valence-corrected chi connectivity index (χ2v) is 9.39. The molecule has 8 nitrogen and oxygen atoms in total. The van der Waals surface area contributed by atoms with E-state index in [1.54, 1.807) is 0 Å². The summed E-state index contributed by atoms with van der Waals surface area (Å²) in [6.45, 7) is 2.67. The third kappa shape index (κ3) is 3.20. The first-order valence-corrected chi connectivity index (χ1v) is 9.79. The molecule has 0 fully saturated rings. The number of hydrogen-bond acceptors (Lipinski definition) is 6. The molecule has 3 rings (SSSR count). The molecule has 0 unspecified atom stereocenters. The quantitative estimate of drug-likeness (QED) is 0.789. The molecule has 0 spiro atoms. The summed E-state index contributed by atoms with van der Waals surface area (Å²) in [6, 6.07) is 5.41. The Morgan fingerprint density at radius 2 is 1.96 bits per heavy atom. The van der Waals surface area contributed by atoms with E-state index in [2.05, 4.69) is 10.3 Å². The molecule has 144 valence electrons. The number of nitrogens with zero attached hydrogens (tertiary/aromatic N) is 2. The van der Waals surface area contributed by atoms with Gasteiger partial charge in [-0.15, -0.1) is 0 Å². The minimum Gasteiger partial charge on any atom is -0.501 e. The van der Waals surface area contributed by atoms with Crippen LogP contribution in [0.1, 0.15) is 35.7 Å². The fourth-order valence-electron chi connectivity index (χ4n) is 2.84. The van der Waals surface area contributed by atoms with Gasteiger partial charge in [-0.2, -0.15) is 0 Å². The number of rotatable bonds is 3. The van der Waals surface area contributed by atoms with Gasteiger partial charge in [0, 0.05) is 13.1 Å². The molecule has 1 amide bonds. The minimum atomic E-state index is -3.58. The van der Waals surface area contributed by atoms with E-state index < -0.39 is 43.3 Å². The van der Waals surface area contributed by atoms with Gasteiger partial charge in [0.15, 0.2) is 15.5 Å². The molecule has 2 aromatic rings. The number of sulfone groups is 1. The van der Waals surface area contributed by atoms with Crippen molar-refractivity contribution in [1.29, 1.82) is 0 Å². The number of aromatic hydroxyl groups is 1. The Bertz CT molecular complexity index is 1070. The number of aromatic nitrogens is 2. The third-order valence-corrected chi connectivity index (χ3v) is 7.08. The number of carbonyl (C=O) groups excluding carboxylic acids is 1. The molecule has 0 saturated carbocycles. The second kappa shape index (κ2) is 6.45. The van der Waals surface area contributed by atoms with Gasteiger partial charge >= 0.3 is 0 Å². The van der Waals surface area contributed by atoms with Crippen LogP contribution in [0.3, 0.4) is 0 Å². The normalized spacial score (nSPS) is 17.1. The molecular formula is C17H18FN3O5S. The van der Waals surface area contributed by atoms with E-state index in [0.29, 0.717) is 5.56 Å². The molecule has 1 aliphatic heterocycles. The van der Waals surface area contributed by atoms with Crippen molar-refractivity contribution in [3.63, 3.8) is 0 Å². The summed E-state index contributed by atoms with van der Waals surface area (Å²) in [5.74, 6) is -2.45. The van der Waals surface area contributed by atoms with E-state index >= 15 is 0 Å². The maximum Gasteiger partial charge on any atom is 0.296 e. The predicted octanol–water partition coefficient (Wildman–Crippen LogP) is 0.682. The van der Waals surface area contributed by atoms with Crippen LogP contribution in [0.5, 0.6) is 5.75 Å². The Balaban J connectivity index is 1.97. The van der Waals surface area contributed by atoms with E-state index in [9.17, 15) is 27.5 Å². The van der Waals surface area contributed by atoms with Crippen molar-refractivity contribution in [2.75, 3.05) is 5.75 Å². The Morgan fingerprint density at radius 3 is 2.59 bits per heavy atom. The lowest BCUT2D eigenvalue weighted by Gasteiger charge is -2.32. The van der Waals surface area contributed by atoms with Crippen LogP contribution in [0.4, 0.5) is 4.39 Å². The van der Waals surface area contributed by atoms with Crippen LogP contribution in [-0.4, -0.2) is 34.7 Å². The smallest absolute Gasteiger partial charge is 0.296 e. The zero-order valence-corrected chi connectivity index (χ0v) is 15.5. The Hall–Kier alpha value is -2.75. The van der Waals surface area contributed by atoms with Gasteiger partial charge in [-0.25, -0.2) is 17.8 Å². The molecule has 1 aliphatic rings. The second-order valence-electron chi connectivity index (χ2n) is 6.73. The van der Waals surface area contributed by atoms with Crippen LogP contribution in [0.25, 0.3) is 0 Å². The monoisotopic (exact) mass is 395 g/mol. The summed E-state index contributed by atoms with van der Waals surface area (Å²) in [5, 5.41) is 12.6. The van der Waals surface area contributed by atoms with Gasteiger partial charge in [0.1, 0.15) is 16.4 Å². The number of hydrogen-bond donors (Lipinski definition) is 2. The van der Waals surface area contributed by atoms with Crippen LogP contribution in [-0.2, 0) is 27.7 Å².